The number of hydrogen-bond donors (Lipinski definition) is 2. The Labute approximate surface area is 132 Å². The van der Waals surface area contributed by atoms with Crippen molar-refractivity contribution in [3.63, 3.8) is 0 Å². The lowest BCUT2D eigenvalue weighted by Gasteiger charge is -2.43. The van der Waals surface area contributed by atoms with Gasteiger partial charge in [-0.2, -0.15) is 0 Å². The maximum absolute atomic E-state index is 11.3. The molecule has 1 heterocycles. The Morgan fingerprint density at radius 2 is 2.27 bits per heavy atom. The average Bonchev–Trinajstić information content (AvgIpc) is 2.50. The molecule has 2 aliphatic rings. The maximum Gasteiger partial charge on any atom is 0.331 e. The molecule has 1 saturated heterocycles. The highest BCUT2D eigenvalue weighted by Gasteiger charge is 2.35. The van der Waals surface area contributed by atoms with Gasteiger partial charge in [-0.15, -0.1) is 0 Å². The van der Waals surface area contributed by atoms with Crippen molar-refractivity contribution in [1.82, 2.24) is 4.90 Å². The fraction of sp³-hybridized carbons (Fsp3) is 0.812. The van der Waals surface area contributed by atoms with Gasteiger partial charge in [0.15, 0.2) is 0 Å². The van der Waals surface area contributed by atoms with Gasteiger partial charge < -0.3 is 20.3 Å². The van der Waals surface area contributed by atoms with Gasteiger partial charge in [0, 0.05) is 31.3 Å². The number of piperidine rings is 1. The molecule has 0 radical (unpaired) electrons. The molecular weight excluding hydrogens is 284 g/mol. The quantitative estimate of drug-likeness (QED) is 0.708. The summed E-state index contributed by atoms with van der Waals surface area (Å²) in [4.78, 5) is 13.6. The van der Waals surface area contributed by atoms with Gasteiger partial charge in [-0.3, -0.25) is 4.90 Å². The first-order valence-corrected chi connectivity index (χ1v) is 8.07. The smallest absolute Gasteiger partial charge is 0.331 e. The summed E-state index contributed by atoms with van der Waals surface area (Å²) < 4.78 is 10.9. The number of nitrogens with two attached hydrogens (primary N) is 1. The summed E-state index contributed by atoms with van der Waals surface area (Å²) in [6, 6.07) is -0.0143. The van der Waals surface area contributed by atoms with E-state index in [1.54, 1.807) is 7.11 Å². The SMILES string of the molecule is COCCO[C@H]1CCCN([C@@H]2C=C(C(=O)O)C[C@H](N)[C@H]2C)C1. The molecule has 0 bridgehead atoms. The Bertz CT molecular complexity index is 413. The summed E-state index contributed by atoms with van der Waals surface area (Å²) in [5, 5.41) is 9.27. The first-order chi connectivity index (χ1) is 10.5. The van der Waals surface area contributed by atoms with Crippen molar-refractivity contribution in [2.24, 2.45) is 11.7 Å². The first-order valence-electron chi connectivity index (χ1n) is 8.07. The highest BCUT2D eigenvalue weighted by atomic mass is 16.5. The van der Waals surface area contributed by atoms with E-state index >= 15 is 0 Å². The van der Waals surface area contributed by atoms with Crippen LogP contribution in [0.1, 0.15) is 26.2 Å². The number of ether oxygens (including phenoxy) is 2. The van der Waals surface area contributed by atoms with Gasteiger partial charge in [-0.1, -0.05) is 13.0 Å². The minimum atomic E-state index is -0.850. The van der Waals surface area contributed by atoms with Crippen molar-refractivity contribution < 1.29 is 19.4 Å². The number of rotatable bonds is 6. The third-order valence-corrected chi connectivity index (χ3v) is 4.79. The van der Waals surface area contributed by atoms with E-state index in [0.717, 1.165) is 25.9 Å². The lowest BCUT2D eigenvalue weighted by molar-refractivity contribution is -0.133. The van der Waals surface area contributed by atoms with E-state index in [1.165, 1.54) is 0 Å². The predicted molar refractivity (Wildman–Crippen MR) is 83.7 cm³/mol. The molecule has 3 N–H and O–H groups in total. The van der Waals surface area contributed by atoms with E-state index in [1.807, 2.05) is 6.08 Å². The van der Waals surface area contributed by atoms with E-state index in [2.05, 4.69) is 11.8 Å². The van der Waals surface area contributed by atoms with E-state index in [0.29, 0.717) is 25.2 Å². The molecule has 0 spiro atoms. The van der Waals surface area contributed by atoms with Crippen LogP contribution in [-0.2, 0) is 14.3 Å². The molecule has 1 fully saturated rings. The number of methoxy groups -OCH3 is 1. The number of hydrogen-bond acceptors (Lipinski definition) is 5. The maximum atomic E-state index is 11.3. The van der Waals surface area contributed by atoms with Crippen LogP contribution >= 0.6 is 0 Å². The zero-order valence-electron chi connectivity index (χ0n) is 13.5. The minimum absolute atomic E-state index is 0.0867. The predicted octanol–water partition coefficient (Wildman–Crippen LogP) is 0.861. The lowest BCUT2D eigenvalue weighted by atomic mass is 9.81. The molecule has 0 aromatic carbocycles. The van der Waals surface area contributed by atoms with Crippen molar-refractivity contribution in [2.75, 3.05) is 33.4 Å². The third kappa shape index (κ3) is 4.29. The molecule has 0 aromatic heterocycles. The van der Waals surface area contributed by atoms with Crippen molar-refractivity contribution in [3.8, 4) is 0 Å². The Hall–Kier alpha value is -0.950. The summed E-state index contributed by atoms with van der Waals surface area (Å²) in [5.74, 6) is -0.599. The number of nitrogens with zero attached hydrogens (tertiary/aromatic N) is 1. The van der Waals surface area contributed by atoms with Crippen LogP contribution in [0.25, 0.3) is 0 Å². The number of carboxylic acid groups (broad SMARTS) is 1. The first kappa shape index (κ1) is 17.4. The molecule has 0 unspecified atom stereocenters. The summed E-state index contributed by atoms with van der Waals surface area (Å²) in [7, 11) is 1.67. The van der Waals surface area contributed by atoms with E-state index in [9.17, 15) is 9.90 Å². The van der Waals surface area contributed by atoms with Crippen molar-refractivity contribution in [3.05, 3.63) is 11.6 Å². The van der Waals surface area contributed by atoms with Gasteiger partial charge in [0.1, 0.15) is 0 Å². The van der Waals surface area contributed by atoms with Crippen LogP contribution in [0.2, 0.25) is 0 Å². The molecule has 126 valence electrons. The summed E-state index contributed by atoms with van der Waals surface area (Å²) in [6.07, 6.45) is 4.65. The zero-order valence-corrected chi connectivity index (χ0v) is 13.5. The van der Waals surface area contributed by atoms with E-state index in [4.69, 9.17) is 15.2 Å². The normalized spacial score (nSPS) is 33.5. The molecule has 0 saturated carbocycles. The van der Waals surface area contributed by atoms with Gasteiger partial charge in [-0.25, -0.2) is 4.79 Å². The summed E-state index contributed by atoms with van der Waals surface area (Å²) in [5.41, 5.74) is 6.60. The van der Waals surface area contributed by atoms with E-state index < -0.39 is 5.97 Å². The standard InChI is InChI=1S/C16H28N2O4/c1-11-14(17)8-12(16(19)20)9-15(11)18-5-3-4-13(10-18)22-7-6-21-2/h9,11,13-15H,3-8,10,17H2,1-2H3,(H,19,20)/t11-,13+,14+,15-/m1/s1. The molecule has 2 rings (SSSR count). The number of likely N-dealkylation sites (tertiary alicyclic amines) is 1. The Kier molecular flexibility index (Phi) is 6.37. The third-order valence-electron chi connectivity index (χ3n) is 4.79. The van der Waals surface area contributed by atoms with Gasteiger partial charge >= 0.3 is 5.97 Å². The molecule has 0 amide bonds. The molecule has 1 aliphatic carbocycles. The summed E-state index contributed by atoms with van der Waals surface area (Å²) in [6.45, 7) is 5.11. The highest BCUT2D eigenvalue weighted by molar-refractivity contribution is 5.87. The van der Waals surface area contributed by atoms with E-state index in [-0.39, 0.29) is 24.1 Å². The van der Waals surface area contributed by atoms with Crippen LogP contribution in [0.3, 0.4) is 0 Å². The van der Waals surface area contributed by atoms with Crippen molar-refractivity contribution >= 4 is 5.97 Å². The lowest BCUT2D eigenvalue weighted by Crippen LogP contribution is -2.52. The molecule has 4 atom stereocenters. The second-order valence-corrected chi connectivity index (χ2v) is 6.34. The molecule has 6 nitrogen and oxygen atoms in total. The monoisotopic (exact) mass is 312 g/mol. The zero-order chi connectivity index (χ0) is 16.1. The van der Waals surface area contributed by atoms with Gasteiger partial charge in [-0.05, 0) is 31.7 Å². The molecular formula is C16H28N2O4. The van der Waals surface area contributed by atoms with Crippen LogP contribution in [0.4, 0.5) is 0 Å². The van der Waals surface area contributed by atoms with Crippen molar-refractivity contribution in [1.29, 1.82) is 0 Å². The number of carbonyl (C=O) groups is 1. The van der Waals surface area contributed by atoms with Crippen LogP contribution in [0, 0.1) is 5.92 Å². The second kappa shape index (κ2) is 8.06. The average molecular weight is 312 g/mol. The molecule has 0 aromatic rings. The fourth-order valence-corrected chi connectivity index (χ4v) is 3.39. The second-order valence-electron chi connectivity index (χ2n) is 6.34. The van der Waals surface area contributed by atoms with Crippen LogP contribution < -0.4 is 5.73 Å². The number of aliphatic carboxylic acids is 1. The fourth-order valence-electron chi connectivity index (χ4n) is 3.39. The van der Waals surface area contributed by atoms with Crippen LogP contribution in [0.5, 0.6) is 0 Å². The van der Waals surface area contributed by atoms with Gasteiger partial charge in [0.05, 0.1) is 19.3 Å². The largest absolute Gasteiger partial charge is 0.478 e. The topological polar surface area (TPSA) is 85.0 Å². The minimum Gasteiger partial charge on any atom is -0.478 e. The molecule has 22 heavy (non-hydrogen) atoms. The van der Waals surface area contributed by atoms with Crippen LogP contribution in [-0.4, -0.2) is 67.6 Å². The van der Waals surface area contributed by atoms with Gasteiger partial charge in [0.25, 0.3) is 0 Å². The Morgan fingerprint density at radius 3 is 2.95 bits per heavy atom. The summed E-state index contributed by atoms with van der Waals surface area (Å²) >= 11 is 0. The van der Waals surface area contributed by atoms with Crippen molar-refractivity contribution in [2.45, 2.75) is 44.4 Å². The number of carboxylic acids is 1. The van der Waals surface area contributed by atoms with Crippen LogP contribution in [0.15, 0.2) is 11.6 Å². The molecule has 1 aliphatic heterocycles. The molecule has 6 heteroatoms. The van der Waals surface area contributed by atoms with Gasteiger partial charge in [0.2, 0.25) is 0 Å². The Morgan fingerprint density at radius 1 is 1.50 bits per heavy atom. The Balaban J connectivity index is 2.01. The highest BCUT2D eigenvalue weighted by Crippen LogP contribution is 2.29.